The number of fused-ring (bicyclic) bond motifs is 3. The van der Waals surface area contributed by atoms with Crippen LogP contribution in [0.2, 0.25) is 0 Å². The minimum atomic E-state index is 0.221. The summed E-state index contributed by atoms with van der Waals surface area (Å²) < 4.78 is 0. The first-order valence-corrected chi connectivity index (χ1v) is 8.60. The number of carbonyl (C=O) groups excluding carboxylic acids is 1. The lowest BCUT2D eigenvalue weighted by Gasteiger charge is -2.37. The third-order valence-corrected chi connectivity index (χ3v) is 5.68. The van der Waals surface area contributed by atoms with Crippen molar-refractivity contribution in [2.75, 3.05) is 0 Å². The second-order valence-electron chi connectivity index (χ2n) is 6.19. The van der Waals surface area contributed by atoms with E-state index >= 15 is 0 Å². The quantitative estimate of drug-likeness (QED) is 0.704. The molecule has 2 aromatic rings. The van der Waals surface area contributed by atoms with E-state index in [0.29, 0.717) is 16.9 Å². The Labute approximate surface area is 133 Å². The molecule has 2 saturated heterocycles. The normalized spacial score (nSPS) is 28.0. The van der Waals surface area contributed by atoms with Gasteiger partial charge < -0.3 is 4.90 Å². The number of benzene rings is 2. The molecular formula is C18H18BrNO. The second-order valence-corrected chi connectivity index (χ2v) is 7.49. The molecule has 0 saturated carbocycles. The van der Waals surface area contributed by atoms with Crippen LogP contribution < -0.4 is 0 Å². The first kappa shape index (κ1) is 13.3. The van der Waals surface area contributed by atoms with Crippen LogP contribution in [0.15, 0.2) is 42.5 Å². The van der Waals surface area contributed by atoms with Gasteiger partial charge in [-0.1, -0.05) is 52.3 Å². The Balaban J connectivity index is 1.74. The highest BCUT2D eigenvalue weighted by molar-refractivity contribution is 9.09. The van der Waals surface area contributed by atoms with E-state index in [-0.39, 0.29) is 5.91 Å². The smallest absolute Gasteiger partial charge is 0.254 e. The van der Waals surface area contributed by atoms with Crippen molar-refractivity contribution in [2.45, 2.75) is 42.6 Å². The van der Waals surface area contributed by atoms with E-state index in [4.69, 9.17) is 0 Å². The molecule has 2 heterocycles. The Morgan fingerprint density at radius 3 is 2.43 bits per heavy atom. The molecule has 2 aliphatic rings. The zero-order chi connectivity index (χ0) is 14.4. The third-order valence-electron chi connectivity index (χ3n) is 4.93. The van der Waals surface area contributed by atoms with Crippen molar-refractivity contribution in [3.63, 3.8) is 0 Å². The molecule has 0 spiro atoms. The van der Waals surface area contributed by atoms with Gasteiger partial charge in [0, 0.05) is 22.5 Å². The van der Waals surface area contributed by atoms with E-state index < -0.39 is 0 Å². The van der Waals surface area contributed by atoms with Crippen molar-refractivity contribution >= 4 is 32.6 Å². The van der Waals surface area contributed by atoms with Crippen LogP contribution in [0, 0.1) is 0 Å². The van der Waals surface area contributed by atoms with E-state index in [1.165, 1.54) is 0 Å². The highest BCUT2D eigenvalue weighted by Crippen LogP contribution is 2.39. The van der Waals surface area contributed by atoms with Gasteiger partial charge in [0.2, 0.25) is 0 Å². The van der Waals surface area contributed by atoms with Crippen molar-refractivity contribution in [3.8, 4) is 0 Å². The van der Waals surface area contributed by atoms with Crippen LogP contribution >= 0.6 is 15.9 Å². The number of rotatable bonds is 1. The van der Waals surface area contributed by atoms with Gasteiger partial charge in [-0.05, 0) is 42.5 Å². The molecule has 0 N–H and O–H groups in total. The lowest BCUT2D eigenvalue weighted by atomic mass is 9.99. The topological polar surface area (TPSA) is 20.3 Å². The average molecular weight is 344 g/mol. The molecule has 0 aromatic heterocycles. The predicted octanol–water partition coefficient (Wildman–Crippen LogP) is 4.37. The van der Waals surface area contributed by atoms with Crippen LogP contribution in [0.5, 0.6) is 0 Å². The van der Waals surface area contributed by atoms with Gasteiger partial charge in [-0.2, -0.15) is 0 Å². The fraction of sp³-hybridized carbons (Fsp3) is 0.389. The van der Waals surface area contributed by atoms with Gasteiger partial charge in [-0.25, -0.2) is 0 Å². The minimum Gasteiger partial charge on any atom is -0.333 e. The summed E-state index contributed by atoms with van der Waals surface area (Å²) in [5.74, 6) is 0.221. The molecule has 2 aliphatic heterocycles. The van der Waals surface area contributed by atoms with E-state index in [1.807, 2.05) is 24.3 Å². The number of hydrogen-bond donors (Lipinski definition) is 0. The summed E-state index contributed by atoms with van der Waals surface area (Å²) in [4.78, 5) is 15.8. The lowest BCUT2D eigenvalue weighted by molar-refractivity contribution is 0.0605. The third kappa shape index (κ3) is 2.18. The van der Waals surface area contributed by atoms with Crippen molar-refractivity contribution in [3.05, 3.63) is 48.0 Å². The van der Waals surface area contributed by atoms with E-state index in [2.05, 4.69) is 39.0 Å². The Bertz CT molecular complexity index is 679. The Morgan fingerprint density at radius 2 is 1.67 bits per heavy atom. The number of halogens is 1. The van der Waals surface area contributed by atoms with E-state index in [1.54, 1.807) is 0 Å². The molecule has 4 rings (SSSR count). The lowest BCUT2D eigenvalue weighted by Crippen LogP contribution is -2.46. The fourth-order valence-electron chi connectivity index (χ4n) is 3.99. The molecule has 21 heavy (non-hydrogen) atoms. The van der Waals surface area contributed by atoms with Crippen molar-refractivity contribution in [1.82, 2.24) is 4.90 Å². The summed E-state index contributed by atoms with van der Waals surface area (Å²) in [5, 5.41) is 2.22. The Kier molecular flexibility index (Phi) is 3.26. The van der Waals surface area contributed by atoms with Crippen LogP contribution in [-0.4, -0.2) is 27.7 Å². The van der Waals surface area contributed by atoms with Crippen LogP contribution in [0.25, 0.3) is 10.8 Å². The van der Waals surface area contributed by atoms with E-state index in [0.717, 1.165) is 42.0 Å². The molecule has 2 bridgehead atoms. The van der Waals surface area contributed by atoms with Crippen LogP contribution in [0.1, 0.15) is 36.0 Å². The van der Waals surface area contributed by atoms with Crippen LogP contribution in [-0.2, 0) is 0 Å². The zero-order valence-electron chi connectivity index (χ0n) is 11.8. The summed E-state index contributed by atoms with van der Waals surface area (Å²) >= 11 is 3.74. The monoisotopic (exact) mass is 343 g/mol. The minimum absolute atomic E-state index is 0.221. The highest BCUT2D eigenvalue weighted by Gasteiger charge is 2.42. The van der Waals surface area contributed by atoms with Crippen molar-refractivity contribution in [2.24, 2.45) is 0 Å². The number of nitrogens with zero attached hydrogens (tertiary/aromatic N) is 1. The second kappa shape index (κ2) is 5.13. The molecule has 3 heteroatoms. The maximum atomic E-state index is 13.1. The standard InChI is InChI=1S/C18H18BrNO/c19-13-10-14-8-9-15(11-13)20(14)18(21)17-7-3-5-12-4-1-2-6-16(12)17/h1-7,13-15H,8-11H2. The first-order valence-electron chi connectivity index (χ1n) is 7.68. The maximum absolute atomic E-state index is 13.1. The van der Waals surface area contributed by atoms with Gasteiger partial charge in [-0.3, -0.25) is 4.79 Å². The molecule has 2 atom stereocenters. The summed E-state index contributed by atoms with van der Waals surface area (Å²) in [6, 6.07) is 15.0. The largest absolute Gasteiger partial charge is 0.333 e. The highest BCUT2D eigenvalue weighted by atomic mass is 79.9. The number of amides is 1. The molecule has 0 radical (unpaired) electrons. The fourth-order valence-corrected chi connectivity index (χ4v) is 4.86. The number of hydrogen-bond acceptors (Lipinski definition) is 1. The van der Waals surface area contributed by atoms with Crippen molar-refractivity contribution in [1.29, 1.82) is 0 Å². The zero-order valence-corrected chi connectivity index (χ0v) is 13.4. The number of alkyl halides is 1. The number of piperidine rings is 1. The van der Waals surface area contributed by atoms with Gasteiger partial charge in [0.1, 0.15) is 0 Å². The number of carbonyl (C=O) groups is 1. The summed E-state index contributed by atoms with van der Waals surface area (Å²) in [6.45, 7) is 0. The van der Waals surface area contributed by atoms with Crippen LogP contribution in [0.4, 0.5) is 0 Å². The maximum Gasteiger partial charge on any atom is 0.254 e. The van der Waals surface area contributed by atoms with E-state index in [9.17, 15) is 4.79 Å². The van der Waals surface area contributed by atoms with Gasteiger partial charge in [0.05, 0.1) is 0 Å². The van der Waals surface area contributed by atoms with Crippen molar-refractivity contribution < 1.29 is 4.79 Å². The molecule has 2 aromatic carbocycles. The van der Waals surface area contributed by atoms with Gasteiger partial charge >= 0.3 is 0 Å². The summed E-state index contributed by atoms with van der Waals surface area (Å²) in [6.07, 6.45) is 4.49. The SMILES string of the molecule is O=C(c1cccc2ccccc12)N1C2CCC1CC(Br)C2. The molecule has 0 aliphatic carbocycles. The average Bonchev–Trinajstić information content (AvgIpc) is 2.78. The molecule has 1 amide bonds. The molecule has 108 valence electrons. The predicted molar refractivity (Wildman–Crippen MR) is 88.9 cm³/mol. The van der Waals surface area contributed by atoms with Gasteiger partial charge in [0.15, 0.2) is 0 Å². The summed E-state index contributed by atoms with van der Waals surface area (Å²) in [5.41, 5.74) is 0.859. The molecule has 2 unspecified atom stereocenters. The molecule has 2 fully saturated rings. The molecular weight excluding hydrogens is 326 g/mol. The van der Waals surface area contributed by atoms with Gasteiger partial charge in [-0.15, -0.1) is 0 Å². The van der Waals surface area contributed by atoms with Crippen LogP contribution in [0.3, 0.4) is 0 Å². The summed E-state index contributed by atoms with van der Waals surface area (Å²) in [7, 11) is 0. The first-order chi connectivity index (χ1) is 10.2. The molecule has 2 nitrogen and oxygen atoms in total. The Hall–Kier alpha value is -1.35. The van der Waals surface area contributed by atoms with Gasteiger partial charge in [0.25, 0.3) is 5.91 Å². The Morgan fingerprint density at radius 1 is 1.00 bits per heavy atom.